The second-order valence-corrected chi connectivity index (χ2v) is 7.86. The van der Waals surface area contributed by atoms with Gasteiger partial charge in [-0.15, -0.1) is 0 Å². The zero-order valence-corrected chi connectivity index (χ0v) is 15.5. The fourth-order valence-corrected chi connectivity index (χ4v) is 4.08. The largest absolute Gasteiger partial charge is 0.331 e. The van der Waals surface area contributed by atoms with Crippen molar-refractivity contribution in [3.63, 3.8) is 0 Å². The number of hydrogen-bond donors (Lipinski definition) is 0. The molecule has 1 saturated carbocycles. The molecule has 2 aliphatic heterocycles. The van der Waals surface area contributed by atoms with E-state index in [1.165, 1.54) is 0 Å². The average molecular weight is 361 g/mol. The van der Waals surface area contributed by atoms with Gasteiger partial charge < -0.3 is 14.7 Å². The Bertz CT molecular complexity index is 918. The highest BCUT2D eigenvalue weighted by Crippen LogP contribution is 2.36. The van der Waals surface area contributed by atoms with Gasteiger partial charge >= 0.3 is 6.03 Å². The van der Waals surface area contributed by atoms with Crippen molar-refractivity contribution in [2.24, 2.45) is 0 Å². The number of urea groups is 1. The van der Waals surface area contributed by atoms with Crippen LogP contribution in [-0.2, 0) is 13.1 Å². The highest BCUT2D eigenvalue weighted by molar-refractivity contribution is 5.99. The first-order valence-electron chi connectivity index (χ1n) is 9.63. The first-order valence-corrected chi connectivity index (χ1v) is 9.63. The van der Waals surface area contributed by atoms with Crippen molar-refractivity contribution in [2.45, 2.75) is 32.0 Å². The normalized spacial score (nSPS) is 19.2. The van der Waals surface area contributed by atoms with Gasteiger partial charge in [-0.1, -0.05) is 30.3 Å². The number of nitrogens with zero attached hydrogens (tertiary/aromatic N) is 3. The lowest BCUT2D eigenvalue weighted by Gasteiger charge is -2.16. The number of hydrogen-bond acceptors (Lipinski definition) is 2. The summed E-state index contributed by atoms with van der Waals surface area (Å²) in [7, 11) is 1.84. The van der Waals surface area contributed by atoms with Crippen LogP contribution in [0.5, 0.6) is 0 Å². The summed E-state index contributed by atoms with van der Waals surface area (Å²) in [5.74, 6) is 0.189. The number of fused-ring (bicyclic) bond motifs is 1. The average Bonchev–Trinajstić information content (AvgIpc) is 3.42. The van der Waals surface area contributed by atoms with Gasteiger partial charge in [0.25, 0.3) is 5.91 Å². The third-order valence-corrected chi connectivity index (χ3v) is 5.89. The molecule has 0 unspecified atom stereocenters. The Morgan fingerprint density at radius 1 is 0.963 bits per heavy atom. The fourth-order valence-electron chi connectivity index (χ4n) is 4.08. The van der Waals surface area contributed by atoms with Crippen LogP contribution in [0.4, 0.5) is 4.79 Å². The lowest BCUT2D eigenvalue weighted by atomic mass is 9.99. The van der Waals surface area contributed by atoms with E-state index in [9.17, 15) is 9.59 Å². The van der Waals surface area contributed by atoms with E-state index in [-0.39, 0.29) is 11.9 Å². The quantitative estimate of drug-likeness (QED) is 0.838. The molecule has 27 heavy (non-hydrogen) atoms. The van der Waals surface area contributed by atoms with Crippen molar-refractivity contribution in [3.8, 4) is 11.1 Å². The molecule has 0 atom stereocenters. The lowest BCUT2D eigenvalue weighted by Crippen LogP contribution is -2.28. The van der Waals surface area contributed by atoms with Gasteiger partial charge in [-0.2, -0.15) is 0 Å². The summed E-state index contributed by atoms with van der Waals surface area (Å²) < 4.78 is 0. The fraction of sp³-hybridized carbons (Fsp3) is 0.364. The summed E-state index contributed by atoms with van der Waals surface area (Å²) >= 11 is 0. The molecule has 1 aliphatic carbocycles. The van der Waals surface area contributed by atoms with E-state index in [2.05, 4.69) is 30.3 Å². The first kappa shape index (κ1) is 16.4. The topological polar surface area (TPSA) is 43.9 Å². The van der Waals surface area contributed by atoms with Crippen molar-refractivity contribution < 1.29 is 9.59 Å². The van der Waals surface area contributed by atoms with Crippen LogP contribution < -0.4 is 0 Å². The summed E-state index contributed by atoms with van der Waals surface area (Å²) in [6.45, 7) is 2.98. The van der Waals surface area contributed by atoms with E-state index in [0.29, 0.717) is 12.6 Å². The second kappa shape index (κ2) is 6.12. The highest BCUT2D eigenvalue weighted by atomic mass is 16.2. The van der Waals surface area contributed by atoms with Crippen LogP contribution in [-0.4, -0.2) is 52.8 Å². The van der Waals surface area contributed by atoms with Crippen molar-refractivity contribution in [1.82, 2.24) is 14.7 Å². The van der Waals surface area contributed by atoms with Crippen LogP contribution in [0.25, 0.3) is 11.1 Å². The second-order valence-electron chi connectivity index (χ2n) is 7.86. The van der Waals surface area contributed by atoms with E-state index in [1.54, 1.807) is 4.90 Å². The molecular weight excluding hydrogens is 338 g/mol. The molecule has 3 aliphatic rings. The SMILES string of the molecule is CN1CCN(Cc2ccc(-c3ccc4c(c3)CN(C3CC3)C4=O)cc2)C1=O. The molecule has 2 heterocycles. The zero-order valence-electron chi connectivity index (χ0n) is 15.5. The first-order chi connectivity index (χ1) is 13.1. The lowest BCUT2D eigenvalue weighted by molar-refractivity contribution is 0.0766. The van der Waals surface area contributed by atoms with Crippen LogP contribution in [0.2, 0.25) is 0 Å². The Morgan fingerprint density at radius 3 is 2.37 bits per heavy atom. The summed E-state index contributed by atoms with van der Waals surface area (Å²) in [5, 5.41) is 0. The Morgan fingerprint density at radius 2 is 1.70 bits per heavy atom. The van der Waals surface area contributed by atoms with Gasteiger partial charge in [0, 0.05) is 44.8 Å². The van der Waals surface area contributed by atoms with Gasteiger partial charge in [-0.3, -0.25) is 4.79 Å². The monoisotopic (exact) mass is 361 g/mol. The third-order valence-electron chi connectivity index (χ3n) is 5.89. The summed E-state index contributed by atoms with van der Waals surface area (Å²) in [6.07, 6.45) is 2.28. The van der Waals surface area contributed by atoms with Crippen LogP contribution in [0.15, 0.2) is 42.5 Å². The van der Waals surface area contributed by atoms with Crippen LogP contribution in [0.1, 0.15) is 34.3 Å². The maximum atomic E-state index is 12.5. The zero-order chi connectivity index (χ0) is 18.5. The molecule has 0 radical (unpaired) electrons. The number of benzene rings is 2. The standard InChI is InChI=1S/C22H23N3O2/c1-23-10-11-24(22(23)27)13-15-2-4-16(5-3-15)17-6-9-20-18(12-17)14-25(21(20)26)19-7-8-19/h2-6,9,12,19H,7-8,10-11,13-14H2,1H3. The van der Waals surface area contributed by atoms with Crippen molar-refractivity contribution in [3.05, 3.63) is 59.2 Å². The smallest absolute Gasteiger partial charge is 0.320 e. The molecule has 0 aromatic heterocycles. The molecule has 2 aromatic rings. The van der Waals surface area contributed by atoms with E-state index < -0.39 is 0 Å². The van der Waals surface area contributed by atoms with Crippen molar-refractivity contribution in [2.75, 3.05) is 20.1 Å². The number of amides is 3. The minimum absolute atomic E-state index is 0.0996. The molecule has 0 spiro atoms. The van der Waals surface area contributed by atoms with Gasteiger partial charge in [0.1, 0.15) is 0 Å². The number of carbonyl (C=O) groups is 2. The number of rotatable bonds is 4. The Labute approximate surface area is 159 Å². The Hall–Kier alpha value is -2.82. The maximum Gasteiger partial charge on any atom is 0.320 e. The molecule has 2 fully saturated rings. The molecule has 1 saturated heterocycles. The Balaban J connectivity index is 1.33. The van der Waals surface area contributed by atoms with Crippen molar-refractivity contribution >= 4 is 11.9 Å². The van der Waals surface area contributed by atoms with Crippen LogP contribution in [0.3, 0.4) is 0 Å². The molecule has 138 valence electrons. The van der Waals surface area contributed by atoms with Gasteiger partial charge in [-0.25, -0.2) is 4.79 Å². The third kappa shape index (κ3) is 2.87. The summed E-state index contributed by atoms with van der Waals surface area (Å²) in [6, 6.07) is 15.1. The van der Waals surface area contributed by atoms with E-state index in [1.807, 2.05) is 29.0 Å². The minimum Gasteiger partial charge on any atom is -0.331 e. The molecule has 5 rings (SSSR count). The molecule has 5 nitrogen and oxygen atoms in total. The van der Waals surface area contributed by atoms with Gasteiger partial charge in [0.2, 0.25) is 0 Å². The van der Waals surface area contributed by atoms with Gasteiger partial charge in [-0.05, 0) is 47.2 Å². The van der Waals surface area contributed by atoms with E-state index in [4.69, 9.17) is 0 Å². The molecule has 3 amide bonds. The molecular formula is C22H23N3O2. The molecule has 0 bridgehead atoms. The van der Waals surface area contributed by atoms with Crippen LogP contribution in [0, 0.1) is 0 Å². The Kier molecular flexibility index (Phi) is 3.71. The van der Waals surface area contributed by atoms with Crippen molar-refractivity contribution in [1.29, 1.82) is 0 Å². The van der Waals surface area contributed by atoms with Gasteiger partial charge in [0.05, 0.1) is 0 Å². The number of likely N-dealkylation sites (N-methyl/N-ethyl adjacent to an activating group) is 1. The number of carbonyl (C=O) groups excluding carboxylic acids is 2. The van der Waals surface area contributed by atoms with Gasteiger partial charge in [0.15, 0.2) is 0 Å². The molecule has 2 aromatic carbocycles. The predicted octanol–water partition coefficient (Wildman–Crippen LogP) is 3.34. The molecule has 5 heteroatoms. The summed E-state index contributed by atoms with van der Waals surface area (Å²) in [4.78, 5) is 30.2. The van der Waals surface area contributed by atoms with E-state index >= 15 is 0 Å². The molecule has 0 N–H and O–H groups in total. The summed E-state index contributed by atoms with van der Waals surface area (Å²) in [5.41, 5.74) is 5.42. The highest BCUT2D eigenvalue weighted by Gasteiger charge is 2.38. The predicted molar refractivity (Wildman–Crippen MR) is 103 cm³/mol. The van der Waals surface area contributed by atoms with Crippen LogP contribution >= 0.6 is 0 Å². The van der Waals surface area contributed by atoms with E-state index in [0.717, 1.165) is 60.3 Å². The maximum absolute atomic E-state index is 12.5. The minimum atomic E-state index is 0.0996.